The monoisotopic (exact) mass is 393 g/mol. The van der Waals surface area contributed by atoms with Gasteiger partial charge in [0.25, 0.3) is 11.8 Å². The van der Waals surface area contributed by atoms with Crippen molar-refractivity contribution >= 4 is 17.5 Å². The molecule has 0 atom stereocenters. The molecule has 3 N–H and O–H groups in total. The van der Waals surface area contributed by atoms with E-state index in [2.05, 4.69) is 16.0 Å². The van der Waals surface area contributed by atoms with E-state index in [1.165, 1.54) is 38.5 Å². The van der Waals surface area contributed by atoms with Crippen LogP contribution in [0.1, 0.15) is 64.8 Å². The van der Waals surface area contributed by atoms with Gasteiger partial charge in [0.1, 0.15) is 0 Å². The molecule has 29 heavy (non-hydrogen) atoms. The van der Waals surface area contributed by atoms with E-state index in [1.807, 2.05) is 31.2 Å². The molecule has 2 aromatic carbocycles. The Labute approximate surface area is 173 Å². The summed E-state index contributed by atoms with van der Waals surface area (Å²) < 4.78 is 0. The molecule has 2 amide bonds. The maximum Gasteiger partial charge on any atom is 0.255 e. The van der Waals surface area contributed by atoms with Gasteiger partial charge < -0.3 is 16.0 Å². The molecule has 1 fully saturated rings. The lowest BCUT2D eigenvalue weighted by Crippen LogP contribution is -2.36. The third-order valence-electron chi connectivity index (χ3n) is 5.48. The van der Waals surface area contributed by atoms with Crippen molar-refractivity contribution in [2.75, 3.05) is 18.4 Å². The number of hydrogen-bond acceptors (Lipinski definition) is 3. The molecular formula is C24H31N3O2. The van der Waals surface area contributed by atoms with Crippen molar-refractivity contribution in [3.05, 3.63) is 65.2 Å². The van der Waals surface area contributed by atoms with E-state index >= 15 is 0 Å². The third-order valence-corrected chi connectivity index (χ3v) is 5.48. The van der Waals surface area contributed by atoms with Crippen molar-refractivity contribution in [2.45, 2.75) is 51.5 Å². The lowest BCUT2D eigenvalue weighted by atomic mass is 10.1. The number of anilines is 1. The largest absolute Gasteiger partial charge is 0.351 e. The summed E-state index contributed by atoms with van der Waals surface area (Å²) in [6, 6.07) is 15.0. The highest BCUT2D eigenvalue weighted by molar-refractivity contribution is 6.05. The predicted molar refractivity (Wildman–Crippen MR) is 117 cm³/mol. The average Bonchev–Trinajstić information content (AvgIpc) is 3.02. The molecule has 0 saturated heterocycles. The van der Waals surface area contributed by atoms with Gasteiger partial charge >= 0.3 is 0 Å². The standard InChI is InChI=1S/C24H31N3O2/c1-18-13-14-20(17-22(18)27-24(29)19-9-5-4-6-10-19)23(28)26-16-15-25-21-11-7-2-3-8-12-21/h4-6,9-10,13-14,17,21,25H,2-3,7-8,11-12,15-16H2,1H3,(H,26,28)(H,27,29). The van der Waals surface area contributed by atoms with Crippen LogP contribution in [0.3, 0.4) is 0 Å². The number of carbonyl (C=O) groups excluding carboxylic acids is 2. The molecule has 0 spiro atoms. The summed E-state index contributed by atoms with van der Waals surface area (Å²) >= 11 is 0. The molecule has 5 nitrogen and oxygen atoms in total. The van der Waals surface area contributed by atoms with E-state index in [-0.39, 0.29) is 11.8 Å². The van der Waals surface area contributed by atoms with E-state index in [4.69, 9.17) is 0 Å². The molecule has 1 aliphatic carbocycles. The third kappa shape index (κ3) is 6.43. The number of nitrogens with one attached hydrogen (secondary N) is 3. The molecule has 0 heterocycles. The van der Waals surface area contributed by atoms with Crippen LogP contribution >= 0.6 is 0 Å². The van der Waals surface area contributed by atoms with Crippen molar-refractivity contribution in [2.24, 2.45) is 0 Å². The van der Waals surface area contributed by atoms with Gasteiger partial charge in [-0.3, -0.25) is 9.59 Å². The highest BCUT2D eigenvalue weighted by atomic mass is 16.2. The fraction of sp³-hybridized carbons (Fsp3) is 0.417. The first-order chi connectivity index (χ1) is 14.1. The molecule has 1 saturated carbocycles. The van der Waals surface area contributed by atoms with E-state index in [0.717, 1.165) is 12.1 Å². The van der Waals surface area contributed by atoms with Crippen molar-refractivity contribution < 1.29 is 9.59 Å². The molecule has 154 valence electrons. The van der Waals surface area contributed by atoms with Crippen LogP contribution in [0.15, 0.2) is 48.5 Å². The number of rotatable bonds is 7. The Bertz CT molecular complexity index is 812. The fourth-order valence-electron chi connectivity index (χ4n) is 3.72. The van der Waals surface area contributed by atoms with Crippen LogP contribution in [0.25, 0.3) is 0 Å². The van der Waals surface area contributed by atoms with Gasteiger partial charge in [0, 0.05) is 35.9 Å². The van der Waals surface area contributed by atoms with Gasteiger partial charge in [0.15, 0.2) is 0 Å². The van der Waals surface area contributed by atoms with Crippen molar-refractivity contribution in [1.29, 1.82) is 0 Å². The van der Waals surface area contributed by atoms with Gasteiger partial charge in [-0.05, 0) is 49.6 Å². The number of hydrogen-bond donors (Lipinski definition) is 3. The lowest BCUT2D eigenvalue weighted by Gasteiger charge is -2.16. The molecule has 5 heteroatoms. The Kier molecular flexibility index (Phi) is 7.82. The summed E-state index contributed by atoms with van der Waals surface area (Å²) in [5, 5.41) is 9.44. The molecule has 3 rings (SSSR count). The quantitative estimate of drug-likeness (QED) is 0.485. The fourth-order valence-corrected chi connectivity index (χ4v) is 3.72. The SMILES string of the molecule is Cc1ccc(C(=O)NCCNC2CCCCCC2)cc1NC(=O)c1ccccc1. The Morgan fingerprint density at radius 1 is 0.862 bits per heavy atom. The van der Waals surface area contributed by atoms with Crippen LogP contribution in [0, 0.1) is 6.92 Å². The van der Waals surface area contributed by atoms with Crippen molar-refractivity contribution in [1.82, 2.24) is 10.6 Å². The lowest BCUT2D eigenvalue weighted by molar-refractivity contribution is 0.0952. The number of carbonyl (C=O) groups is 2. The normalized spacial score (nSPS) is 14.8. The maximum absolute atomic E-state index is 12.5. The van der Waals surface area contributed by atoms with Gasteiger partial charge in [-0.15, -0.1) is 0 Å². The molecule has 0 aliphatic heterocycles. The second-order valence-corrected chi connectivity index (χ2v) is 7.75. The van der Waals surface area contributed by atoms with Gasteiger partial charge in [0.05, 0.1) is 0 Å². The Morgan fingerprint density at radius 2 is 1.59 bits per heavy atom. The zero-order valence-electron chi connectivity index (χ0n) is 17.2. The summed E-state index contributed by atoms with van der Waals surface area (Å²) in [5.74, 6) is -0.304. The zero-order valence-corrected chi connectivity index (χ0v) is 17.2. The molecule has 0 radical (unpaired) electrons. The first-order valence-corrected chi connectivity index (χ1v) is 10.6. The molecule has 0 aromatic heterocycles. The first kappa shape index (κ1) is 21.1. The smallest absolute Gasteiger partial charge is 0.255 e. The average molecular weight is 394 g/mol. The number of amides is 2. The second kappa shape index (κ2) is 10.8. The molecule has 0 bridgehead atoms. The first-order valence-electron chi connectivity index (χ1n) is 10.6. The Hall–Kier alpha value is -2.66. The van der Waals surface area contributed by atoms with E-state index in [0.29, 0.717) is 29.4 Å². The Balaban J connectivity index is 1.51. The van der Waals surface area contributed by atoms with Gasteiger partial charge in [-0.1, -0.05) is 49.9 Å². The minimum Gasteiger partial charge on any atom is -0.351 e. The highest BCUT2D eigenvalue weighted by Crippen LogP contribution is 2.19. The van der Waals surface area contributed by atoms with E-state index < -0.39 is 0 Å². The van der Waals surface area contributed by atoms with Crippen LogP contribution in [-0.4, -0.2) is 30.9 Å². The summed E-state index contributed by atoms with van der Waals surface area (Å²) in [7, 11) is 0. The zero-order chi connectivity index (χ0) is 20.5. The van der Waals surface area contributed by atoms with Crippen molar-refractivity contribution in [3.8, 4) is 0 Å². The molecule has 1 aliphatic rings. The van der Waals surface area contributed by atoms with E-state index in [9.17, 15) is 9.59 Å². The number of aryl methyl sites for hydroxylation is 1. The van der Waals surface area contributed by atoms with Gasteiger partial charge in [0.2, 0.25) is 0 Å². The topological polar surface area (TPSA) is 70.2 Å². The van der Waals surface area contributed by atoms with Gasteiger partial charge in [-0.25, -0.2) is 0 Å². The summed E-state index contributed by atoms with van der Waals surface area (Å²) in [6.45, 7) is 3.29. The predicted octanol–water partition coefficient (Wildman–Crippen LogP) is 4.29. The molecular weight excluding hydrogens is 362 g/mol. The van der Waals surface area contributed by atoms with Crippen LogP contribution in [-0.2, 0) is 0 Å². The minimum atomic E-state index is -0.182. The summed E-state index contributed by atoms with van der Waals surface area (Å²) in [6.07, 6.45) is 7.74. The van der Waals surface area contributed by atoms with Crippen LogP contribution in [0.4, 0.5) is 5.69 Å². The second-order valence-electron chi connectivity index (χ2n) is 7.75. The molecule has 0 unspecified atom stereocenters. The summed E-state index contributed by atoms with van der Waals surface area (Å²) in [4.78, 5) is 24.9. The van der Waals surface area contributed by atoms with Crippen LogP contribution < -0.4 is 16.0 Å². The van der Waals surface area contributed by atoms with Crippen molar-refractivity contribution in [3.63, 3.8) is 0 Å². The van der Waals surface area contributed by atoms with Crippen LogP contribution in [0.5, 0.6) is 0 Å². The summed E-state index contributed by atoms with van der Waals surface area (Å²) in [5.41, 5.74) is 2.71. The maximum atomic E-state index is 12.5. The minimum absolute atomic E-state index is 0.122. The van der Waals surface area contributed by atoms with Gasteiger partial charge in [-0.2, -0.15) is 0 Å². The highest BCUT2D eigenvalue weighted by Gasteiger charge is 2.13. The van der Waals surface area contributed by atoms with Crippen LogP contribution in [0.2, 0.25) is 0 Å². The number of benzene rings is 2. The Morgan fingerprint density at radius 3 is 2.31 bits per heavy atom. The van der Waals surface area contributed by atoms with E-state index in [1.54, 1.807) is 24.3 Å². The molecule has 2 aromatic rings.